The number of carbonyl (C=O) groups is 1. The Labute approximate surface area is 161 Å². The van der Waals surface area contributed by atoms with Gasteiger partial charge in [0, 0.05) is 12.6 Å². The van der Waals surface area contributed by atoms with Crippen LogP contribution in [-0.4, -0.2) is 43.7 Å². The van der Waals surface area contributed by atoms with Crippen LogP contribution in [0.25, 0.3) is 0 Å². The van der Waals surface area contributed by atoms with Gasteiger partial charge in [-0.25, -0.2) is 0 Å². The van der Waals surface area contributed by atoms with Crippen molar-refractivity contribution < 1.29 is 9.53 Å². The molecule has 1 N–H and O–H groups in total. The summed E-state index contributed by atoms with van der Waals surface area (Å²) in [6.07, 6.45) is 4.74. The van der Waals surface area contributed by atoms with Crippen molar-refractivity contribution in [3.63, 3.8) is 0 Å². The molecule has 142 valence electrons. The number of halogens is 1. The summed E-state index contributed by atoms with van der Waals surface area (Å²) in [5, 5.41) is 7.88. The summed E-state index contributed by atoms with van der Waals surface area (Å²) in [6, 6.07) is 2.90. The lowest BCUT2D eigenvalue weighted by Crippen LogP contribution is -2.38. The van der Waals surface area contributed by atoms with Gasteiger partial charge in [-0.2, -0.15) is 11.3 Å². The second kappa shape index (κ2) is 8.38. The van der Waals surface area contributed by atoms with E-state index < -0.39 is 5.41 Å². The van der Waals surface area contributed by atoms with Gasteiger partial charge in [-0.1, -0.05) is 0 Å². The highest BCUT2D eigenvalue weighted by atomic mass is 35.5. The molecule has 0 amide bonds. The minimum atomic E-state index is -0.419. The third-order valence-corrected chi connectivity index (χ3v) is 6.65. The number of thiophene rings is 1. The number of ether oxygens (including phenoxy) is 1. The molecule has 6 heteroatoms. The predicted molar refractivity (Wildman–Crippen MR) is 105 cm³/mol. The van der Waals surface area contributed by atoms with Gasteiger partial charge in [0.05, 0.1) is 12.5 Å². The number of hydrogen-bond acceptors (Lipinski definition) is 5. The van der Waals surface area contributed by atoms with Crippen molar-refractivity contribution in [2.45, 2.75) is 52.1 Å². The van der Waals surface area contributed by atoms with Crippen LogP contribution in [0.4, 0.5) is 0 Å². The molecule has 2 aliphatic rings. The Morgan fingerprint density at radius 2 is 2.16 bits per heavy atom. The van der Waals surface area contributed by atoms with Crippen molar-refractivity contribution >= 4 is 29.7 Å². The topological polar surface area (TPSA) is 41.6 Å². The standard InChI is InChI=1S/C19H30N2O2S.ClH/c1-18(2,17(22)23-3)7-10-21(13-15-4-11-24-14-15)16-12-19(16)5-8-20-9-6-19;/h4,11,14,16,20H,5-10,12-13H2,1-3H3;1H. The first-order valence-electron chi connectivity index (χ1n) is 9.01. The summed E-state index contributed by atoms with van der Waals surface area (Å²) in [4.78, 5) is 14.6. The van der Waals surface area contributed by atoms with Gasteiger partial charge in [-0.15, -0.1) is 12.4 Å². The van der Waals surface area contributed by atoms with Crippen LogP contribution in [0.2, 0.25) is 0 Å². The number of hydrogen-bond donors (Lipinski definition) is 1. The van der Waals surface area contributed by atoms with Crippen LogP contribution < -0.4 is 5.32 Å². The fourth-order valence-electron chi connectivity index (χ4n) is 4.07. The van der Waals surface area contributed by atoms with Gasteiger partial charge in [0.25, 0.3) is 0 Å². The molecule has 0 aromatic carbocycles. The SMILES string of the molecule is COC(=O)C(C)(C)CCN(Cc1ccsc1)C1CC12CCNCC2.Cl. The van der Waals surface area contributed by atoms with E-state index in [1.165, 1.54) is 31.9 Å². The fraction of sp³-hybridized carbons (Fsp3) is 0.737. The van der Waals surface area contributed by atoms with Crippen LogP contribution in [0.1, 0.15) is 45.1 Å². The molecule has 1 aliphatic heterocycles. The lowest BCUT2D eigenvalue weighted by Gasteiger charge is -2.31. The molecule has 1 aliphatic carbocycles. The summed E-state index contributed by atoms with van der Waals surface area (Å²) in [5.74, 6) is -0.106. The highest BCUT2D eigenvalue weighted by Gasteiger charge is 2.56. The number of carbonyl (C=O) groups excluding carboxylic acids is 1. The molecule has 2 fully saturated rings. The average Bonchev–Trinajstić information content (AvgIpc) is 3.02. The highest BCUT2D eigenvalue weighted by molar-refractivity contribution is 7.07. The molecule has 1 aromatic heterocycles. The Morgan fingerprint density at radius 3 is 2.76 bits per heavy atom. The summed E-state index contributed by atoms with van der Waals surface area (Å²) >= 11 is 1.76. The highest BCUT2D eigenvalue weighted by Crippen LogP contribution is 2.56. The molecule has 0 radical (unpaired) electrons. The van der Waals surface area contributed by atoms with Gasteiger partial charge >= 0.3 is 5.97 Å². The predicted octanol–water partition coefficient (Wildman–Crippen LogP) is 3.70. The van der Waals surface area contributed by atoms with Gasteiger partial charge in [-0.3, -0.25) is 9.69 Å². The molecule has 25 heavy (non-hydrogen) atoms. The maximum absolute atomic E-state index is 12.0. The van der Waals surface area contributed by atoms with Crippen molar-refractivity contribution in [1.82, 2.24) is 10.2 Å². The van der Waals surface area contributed by atoms with Crippen molar-refractivity contribution in [3.05, 3.63) is 22.4 Å². The molecule has 2 heterocycles. The first-order chi connectivity index (χ1) is 11.5. The summed E-state index contributed by atoms with van der Waals surface area (Å²) in [5.41, 5.74) is 1.50. The minimum absolute atomic E-state index is 0. The Bertz CT molecular complexity index is 556. The van der Waals surface area contributed by atoms with Crippen LogP contribution >= 0.6 is 23.7 Å². The maximum Gasteiger partial charge on any atom is 0.311 e. The zero-order chi connectivity index (χ0) is 17.2. The number of rotatable bonds is 7. The van der Waals surface area contributed by atoms with Gasteiger partial charge < -0.3 is 10.1 Å². The second-order valence-corrected chi connectivity index (χ2v) is 8.84. The van der Waals surface area contributed by atoms with E-state index >= 15 is 0 Å². The van der Waals surface area contributed by atoms with E-state index in [0.29, 0.717) is 11.5 Å². The lowest BCUT2D eigenvalue weighted by atomic mass is 9.88. The molecule has 1 spiro atoms. The molecule has 1 saturated carbocycles. The van der Waals surface area contributed by atoms with Crippen LogP contribution in [0.3, 0.4) is 0 Å². The number of nitrogens with zero attached hydrogens (tertiary/aromatic N) is 1. The first-order valence-corrected chi connectivity index (χ1v) is 9.95. The van der Waals surface area contributed by atoms with E-state index in [1.807, 2.05) is 13.8 Å². The van der Waals surface area contributed by atoms with Crippen molar-refractivity contribution in [1.29, 1.82) is 0 Å². The van der Waals surface area contributed by atoms with Crippen LogP contribution in [-0.2, 0) is 16.1 Å². The minimum Gasteiger partial charge on any atom is -0.469 e. The molecule has 1 unspecified atom stereocenters. The molecular weight excluding hydrogens is 356 g/mol. The molecule has 1 aromatic rings. The number of nitrogens with one attached hydrogen (secondary N) is 1. The first kappa shape index (κ1) is 20.7. The molecule has 0 bridgehead atoms. The summed E-state index contributed by atoms with van der Waals surface area (Å²) < 4.78 is 4.98. The number of piperidine rings is 1. The zero-order valence-corrected chi connectivity index (χ0v) is 17.2. The second-order valence-electron chi connectivity index (χ2n) is 8.06. The molecule has 4 nitrogen and oxygen atoms in total. The van der Waals surface area contributed by atoms with Gasteiger partial charge in [0.15, 0.2) is 0 Å². The quantitative estimate of drug-likeness (QED) is 0.725. The van der Waals surface area contributed by atoms with E-state index in [2.05, 4.69) is 27.0 Å². The lowest BCUT2D eigenvalue weighted by molar-refractivity contribution is -0.151. The van der Waals surface area contributed by atoms with Crippen LogP contribution in [0.15, 0.2) is 16.8 Å². The van der Waals surface area contributed by atoms with E-state index in [0.717, 1.165) is 32.6 Å². The Morgan fingerprint density at radius 1 is 1.44 bits per heavy atom. The monoisotopic (exact) mass is 386 g/mol. The van der Waals surface area contributed by atoms with Crippen LogP contribution in [0, 0.1) is 10.8 Å². The number of esters is 1. The largest absolute Gasteiger partial charge is 0.469 e. The summed E-state index contributed by atoms with van der Waals surface area (Å²) in [7, 11) is 1.48. The van der Waals surface area contributed by atoms with Crippen molar-refractivity contribution in [2.75, 3.05) is 26.7 Å². The van der Waals surface area contributed by atoms with Gasteiger partial charge in [0.2, 0.25) is 0 Å². The van der Waals surface area contributed by atoms with Crippen molar-refractivity contribution in [2.24, 2.45) is 10.8 Å². The van der Waals surface area contributed by atoms with E-state index in [1.54, 1.807) is 11.3 Å². The van der Waals surface area contributed by atoms with E-state index in [4.69, 9.17) is 4.74 Å². The molecule has 1 saturated heterocycles. The Balaban J connectivity index is 0.00000225. The number of methoxy groups -OCH3 is 1. The van der Waals surface area contributed by atoms with E-state index in [-0.39, 0.29) is 18.4 Å². The van der Waals surface area contributed by atoms with Crippen molar-refractivity contribution in [3.8, 4) is 0 Å². The smallest absolute Gasteiger partial charge is 0.311 e. The molecule has 3 rings (SSSR count). The van der Waals surface area contributed by atoms with Crippen LogP contribution in [0.5, 0.6) is 0 Å². The Hall–Kier alpha value is -0.620. The van der Waals surface area contributed by atoms with E-state index in [9.17, 15) is 4.79 Å². The third kappa shape index (κ3) is 4.76. The zero-order valence-electron chi connectivity index (χ0n) is 15.5. The average molecular weight is 387 g/mol. The third-order valence-electron chi connectivity index (χ3n) is 5.91. The maximum atomic E-state index is 12.0. The van der Waals surface area contributed by atoms with Gasteiger partial charge in [-0.05, 0) is 87.0 Å². The normalized spacial score (nSPS) is 21.8. The Kier molecular flexibility index (Phi) is 6.94. The summed E-state index contributed by atoms with van der Waals surface area (Å²) in [6.45, 7) is 8.24. The molecule has 1 atom stereocenters. The molecular formula is C19H31ClN2O2S. The fourth-order valence-corrected chi connectivity index (χ4v) is 4.73. The van der Waals surface area contributed by atoms with Gasteiger partial charge in [0.1, 0.15) is 0 Å².